The molecule has 4 heterocycles. The molecule has 7 nitrogen and oxygen atoms in total. The molecule has 1 saturated carbocycles. The van der Waals surface area contributed by atoms with Crippen LogP contribution < -0.4 is 5.56 Å². The van der Waals surface area contributed by atoms with Crippen molar-refractivity contribution in [2.24, 2.45) is 10.8 Å². The van der Waals surface area contributed by atoms with Crippen LogP contribution in [0.2, 0.25) is 0 Å². The molecule has 2 aliphatic rings. The van der Waals surface area contributed by atoms with Crippen LogP contribution in [0.1, 0.15) is 62.0 Å². The quantitative estimate of drug-likeness (QED) is 0.262. The molecule has 1 aliphatic carbocycles. The zero-order chi connectivity index (χ0) is 24.3. The van der Waals surface area contributed by atoms with Crippen LogP contribution in [0.25, 0.3) is 10.2 Å². The van der Waals surface area contributed by atoms with Gasteiger partial charge in [-0.25, -0.2) is 9.97 Å². The lowest BCUT2D eigenvalue weighted by Crippen LogP contribution is -2.37. The van der Waals surface area contributed by atoms with Crippen molar-refractivity contribution in [2.75, 3.05) is 6.54 Å². The SMILES string of the molecule is C=CCn1c(SCc2nc(C(=O)N3CC4(C)CC3CC(C)(C)C4)co2)nc2scc(C)c2c1=O. The van der Waals surface area contributed by atoms with Crippen LogP contribution in [-0.4, -0.2) is 37.9 Å². The maximum Gasteiger partial charge on any atom is 0.276 e. The Morgan fingerprint density at radius 2 is 2.15 bits per heavy atom. The average Bonchev–Trinajstić information content (AvgIpc) is 3.44. The second-order valence-corrected chi connectivity index (χ2v) is 12.6. The lowest BCUT2D eigenvalue weighted by molar-refractivity contribution is 0.0702. The monoisotopic (exact) mass is 498 g/mol. The molecule has 0 radical (unpaired) electrons. The van der Waals surface area contributed by atoms with Gasteiger partial charge in [-0.1, -0.05) is 38.6 Å². The lowest BCUT2D eigenvalue weighted by atomic mass is 9.65. The summed E-state index contributed by atoms with van der Waals surface area (Å²) in [5, 5.41) is 3.20. The molecule has 3 aromatic heterocycles. The summed E-state index contributed by atoms with van der Waals surface area (Å²) >= 11 is 2.85. The van der Waals surface area contributed by atoms with E-state index in [9.17, 15) is 9.59 Å². The van der Waals surface area contributed by atoms with Crippen molar-refractivity contribution in [2.45, 2.75) is 70.5 Å². The number of aryl methyl sites for hydroxylation is 1. The van der Waals surface area contributed by atoms with E-state index in [0.717, 1.165) is 36.2 Å². The van der Waals surface area contributed by atoms with E-state index in [-0.39, 0.29) is 28.3 Å². The van der Waals surface area contributed by atoms with Gasteiger partial charge in [0, 0.05) is 19.1 Å². The maximum absolute atomic E-state index is 13.3. The van der Waals surface area contributed by atoms with Crippen LogP contribution in [0.4, 0.5) is 0 Å². The second-order valence-electron chi connectivity index (χ2n) is 10.8. The Hall–Kier alpha value is -2.39. The fraction of sp³-hybridized carbons (Fsp3) is 0.520. The molecule has 2 atom stereocenters. The molecule has 2 unspecified atom stereocenters. The minimum Gasteiger partial charge on any atom is -0.447 e. The summed E-state index contributed by atoms with van der Waals surface area (Å²) in [5.41, 5.74) is 1.64. The number of rotatable bonds is 6. The van der Waals surface area contributed by atoms with E-state index >= 15 is 0 Å². The molecule has 2 bridgehead atoms. The number of thioether (sulfide) groups is 1. The number of aromatic nitrogens is 3. The molecule has 180 valence electrons. The summed E-state index contributed by atoms with van der Waals surface area (Å²) in [4.78, 5) is 38.2. The predicted octanol–water partition coefficient (Wildman–Crippen LogP) is 5.27. The zero-order valence-electron chi connectivity index (χ0n) is 20.1. The predicted molar refractivity (Wildman–Crippen MR) is 135 cm³/mol. The molecule has 3 aromatic rings. The number of thiophene rings is 1. The molecule has 0 N–H and O–H groups in total. The Kier molecular flexibility index (Phi) is 5.75. The smallest absolute Gasteiger partial charge is 0.276 e. The fourth-order valence-electron chi connectivity index (χ4n) is 5.99. The van der Waals surface area contributed by atoms with Gasteiger partial charge in [0.1, 0.15) is 11.1 Å². The van der Waals surface area contributed by atoms with Crippen molar-refractivity contribution < 1.29 is 9.21 Å². The minimum absolute atomic E-state index is 0.0522. The third-order valence-electron chi connectivity index (χ3n) is 6.93. The Labute approximate surface area is 207 Å². The number of allylic oxidation sites excluding steroid dienone is 1. The van der Waals surface area contributed by atoms with Crippen LogP contribution in [0.3, 0.4) is 0 Å². The van der Waals surface area contributed by atoms with Gasteiger partial charge in [-0.15, -0.1) is 17.9 Å². The van der Waals surface area contributed by atoms with E-state index in [1.807, 2.05) is 17.2 Å². The van der Waals surface area contributed by atoms with Crippen molar-refractivity contribution >= 4 is 39.2 Å². The number of hydrogen-bond acceptors (Lipinski definition) is 7. The summed E-state index contributed by atoms with van der Waals surface area (Å²) in [7, 11) is 0. The highest BCUT2D eigenvalue weighted by Gasteiger charge is 2.51. The highest BCUT2D eigenvalue weighted by Crippen LogP contribution is 2.52. The molecule has 9 heteroatoms. The molecule has 34 heavy (non-hydrogen) atoms. The van der Waals surface area contributed by atoms with E-state index in [0.29, 0.717) is 34.4 Å². The third kappa shape index (κ3) is 4.13. The van der Waals surface area contributed by atoms with E-state index in [1.54, 1.807) is 10.6 Å². The Morgan fingerprint density at radius 1 is 1.35 bits per heavy atom. The van der Waals surface area contributed by atoms with Crippen molar-refractivity contribution in [3.63, 3.8) is 0 Å². The number of fused-ring (bicyclic) bond motifs is 3. The lowest BCUT2D eigenvalue weighted by Gasteiger charge is -2.39. The normalized spacial score (nSPS) is 23.5. The molecular formula is C25H30N4O3S2. The summed E-state index contributed by atoms with van der Waals surface area (Å²) in [6.45, 7) is 13.7. The molecule has 1 aliphatic heterocycles. The molecule has 1 amide bonds. The van der Waals surface area contributed by atoms with Gasteiger partial charge >= 0.3 is 0 Å². The number of carbonyl (C=O) groups excluding carboxylic acids is 1. The maximum atomic E-state index is 13.3. The average molecular weight is 499 g/mol. The van der Waals surface area contributed by atoms with Crippen molar-refractivity contribution in [1.29, 1.82) is 0 Å². The van der Waals surface area contributed by atoms with Crippen LogP contribution in [0, 0.1) is 17.8 Å². The Morgan fingerprint density at radius 3 is 2.91 bits per heavy atom. The van der Waals surface area contributed by atoms with Gasteiger partial charge in [-0.2, -0.15) is 0 Å². The fourth-order valence-corrected chi connectivity index (χ4v) is 7.81. The van der Waals surface area contributed by atoms with Gasteiger partial charge in [0.2, 0.25) is 5.89 Å². The van der Waals surface area contributed by atoms with Gasteiger partial charge in [0.05, 0.1) is 11.1 Å². The summed E-state index contributed by atoms with van der Waals surface area (Å²) in [6, 6.07) is 0.259. The number of oxazole rings is 1. The van der Waals surface area contributed by atoms with Gasteiger partial charge < -0.3 is 9.32 Å². The van der Waals surface area contributed by atoms with Crippen LogP contribution >= 0.6 is 23.1 Å². The highest BCUT2D eigenvalue weighted by molar-refractivity contribution is 7.98. The number of hydrogen-bond donors (Lipinski definition) is 0. The first kappa shape index (κ1) is 23.4. The van der Waals surface area contributed by atoms with Crippen molar-refractivity contribution in [3.8, 4) is 0 Å². The number of amides is 1. The molecule has 1 saturated heterocycles. The number of carbonyl (C=O) groups is 1. The van der Waals surface area contributed by atoms with E-state index in [2.05, 4.69) is 32.3 Å². The van der Waals surface area contributed by atoms with E-state index < -0.39 is 0 Å². The molecular weight excluding hydrogens is 468 g/mol. The largest absolute Gasteiger partial charge is 0.447 e. The first-order chi connectivity index (χ1) is 16.1. The molecule has 2 fully saturated rings. The van der Waals surface area contributed by atoms with Gasteiger partial charge in [-0.3, -0.25) is 14.2 Å². The molecule has 5 rings (SSSR count). The van der Waals surface area contributed by atoms with E-state index in [4.69, 9.17) is 9.40 Å². The molecule has 0 spiro atoms. The summed E-state index contributed by atoms with van der Waals surface area (Å²) in [5.74, 6) is 0.772. The van der Waals surface area contributed by atoms with Gasteiger partial charge in [-0.05, 0) is 48.0 Å². The van der Waals surface area contributed by atoms with E-state index in [1.165, 1.54) is 29.4 Å². The van der Waals surface area contributed by atoms with Gasteiger partial charge in [0.25, 0.3) is 11.5 Å². The summed E-state index contributed by atoms with van der Waals surface area (Å²) < 4.78 is 7.28. The first-order valence-electron chi connectivity index (χ1n) is 11.6. The standard InChI is InChI=1S/C25H30N4O3S2/c1-6-7-28-22(31)19-15(2)11-33-20(19)27-23(28)34-12-18-26-17(10-32-18)21(30)29-14-25(5)9-16(29)8-24(3,4)13-25/h6,10-11,16H,1,7-9,12-14H2,2-5H3. The minimum atomic E-state index is -0.0639. The Bertz CT molecular complexity index is 1340. The summed E-state index contributed by atoms with van der Waals surface area (Å²) in [6.07, 6.45) is 6.36. The van der Waals surface area contributed by atoms with Crippen molar-refractivity contribution in [3.05, 3.63) is 51.8 Å². The Balaban J connectivity index is 1.33. The number of nitrogens with zero attached hydrogens (tertiary/aromatic N) is 4. The first-order valence-corrected chi connectivity index (χ1v) is 13.4. The highest BCUT2D eigenvalue weighted by atomic mass is 32.2. The topological polar surface area (TPSA) is 81.2 Å². The van der Waals surface area contributed by atoms with Crippen LogP contribution in [-0.2, 0) is 12.3 Å². The molecule has 0 aromatic carbocycles. The van der Waals surface area contributed by atoms with Crippen molar-refractivity contribution in [1.82, 2.24) is 19.4 Å². The van der Waals surface area contributed by atoms with Crippen LogP contribution in [0.15, 0.2) is 38.7 Å². The zero-order valence-corrected chi connectivity index (χ0v) is 21.7. The van der Waals surface area contributed by atoms with Crippen LogP contribution in [0.5, 0.6) is 0 Å². The second kappa shape index (κ2) is 8.37. The number of likely N-dealkylation sites (tertiary alicyclic amines) is 1. The van der Waals surface area contributed by atoms with Gasteiger partial charge in [0.15, 0.2) is 10.9 Å². The third-order valence-corrected chi connectivity index (χ3v) is 8.88.